The Labute approximate surface area is 248 Å². The van der Waals surface area contributed by atoms with E-state index in [4.69, 9.17) is 5.11 Å². The van der Waals surface area contributed by atoms with Gasteiger partial charge in [-0.25, -0.2) is 14.4 Å². The van der Waals surface area contributed by atoms with E-state index in [0.29, 0.717) is 0 Å². The highest BCUT2D eigenvalue weighted by Gasteiger charge is 2.31. The number of hydrogen-bond acceptors (Lipinski definition) is 7. The summed E-state index contributed by atoms with van der Waals surface area (Å²) in [6, 6.07) is 6.83. The van der Waals surface area contributed by atoms with Crippen LogP contribution in [0.4, 0.5) is 16.2 Å². The number of rotatable bonds is 14. The fourth-order valence-corrected chi connectivity index (χ4v) is 3.93. The summed E-state index contributed by atoms with van der Waals surface area (Å²) in [5.41, 5.74) is 0.555. The Morgan fingerprint density at radius 3 is 1.86 bits per heavy atom. The van der Waals surface area contributed by atoms with Crippen molar-refractivity contribution in [1.29, 1.82) is 0 Å². The summed E-state index contributed by atoms with van der Waals surface area (Å²) in [7, 11) is 0. The highest BCUT2D eigenvalue weighted by molar-refractivity contribution is 6.06. The molecule has 3 atom stereocenters. The molecule has 0 saturated heterocycles. The second-order valence-electron chi connectivity index (χ2n) is 10.5. The number of aliphatic hydroxyl groups is 1. The van der Waals surface area contributed by atoms with Gasteiger partial charge in [-0.05, 0) is 54.7 Å². The largest absolute Gasteiger partial charge is 0.480 e. The van der Waals surface area contributed by atoms with Gasteiger partial charge in [-0.2, -0.15) is 0 Å². The Balaban J connectivity index is 2.05. The molecule has 8 N–H and O–H groups in total. The van der Waals surface area contributed by atoms with E-state index in [-0.39, 0.29) is 34.8 Å². The molecule has 0 aliphatic heterocycles. The second kappa shape index (κ2) is 15.9. The molecule has 232 valence electrons. The van der Waals surface area contributed by atoms with E-state index >= 15 is 0 Å². The Hall–Kier alpha value is -4.98. The molecule has 0 radical (unpaired) electrons. The van der Waals surface area contributed by atoms with Crippen molar-refractivity contribution in [1.82, 2.24) is 16.0 Å². The summed E-state index contributed by atoms with van der Waals surface area (Å²) in [5.74, 6) is -5.03. The third kappa shape index (κ3) is 10.7. The van der Waals surface area contributed by atoms with E-state index in [9.17, 15) is 39.0 Å². The van der Waals surface area contributed by atoms with Gasteiger partial charge in [0, 0.05) is 16.9 Å². The highest BCUT2D eigenvalue weighted by Crippen LogP contribution is 2.17. The second-order valence-corrected chi connectivity index (χ2v) is 10.5. The van der Waals surface area contributed by atoms with Gasteiger partial charge in [-0.1, -0.05) is 39.8 Å². The summed E-state index contributed by atoms with van der Waals surface area (Å²) in [6.45, 7) is 6.07. The van der Waals surface area contributed by atoms with Crippen LogP contribution < -0.4 is 26.6 Å². The van der Waals surface area contributed by atoms with Gasteiger partial charge in [0.2, 0.25) is 11.8 Å². The summed E-state index contributed by atoms with van der Waals surface area (Å²) >= 11 is 0. The van der Waals surface area contributed by atoms with Crippen LogP contribution in [-0.4, -0.2) is 75.7 Å². The van der Waals surface area contributed by atoms with Crippen molar-refractivity contribution in [3.63, 3.8) is 0 Å². The number of benzene rings is 2. The lowest BCUT2D eigenvalue weighted by atomic mass is 10.00. The third-order valence-electron chi connectivity index (χ3n) is 6.12. The fraction of sp³-hybridized carbons (Fsp3) is 0.379. The van der Waals surface area contributed by atoms with Gasteiger partial charge < -0.3 is 41.9 Å². The minimum Gasteiger partial charge on any atom is -0.480 e. The van der Waals surface area contributed by atoms with Crippen LogP contribution in [0.25, 0.3) is 0 Å². The zero-order valence-corrected chi connectivity index (χ0v) is 24.2. The molecular formula is C29H37N5O9. The smallest absolute Gasteiger partial charge is 0.335 e. The number of amides is 5. The standard InChI is InChI=1S/C29H37N5O9/c1-15(2)11-21(25(37)34-23(16(3)4)28(41)42)32-26(38)22(14-35)33-29(43)31-20-10-6-9-19(13-20)30-24(36)17-7-5-8-18(12-17)27(39)40/h5-10,12-13,15-16,21-23,35H,11,14H2,1-4H3,(H,30,36)(H,32,38)(H,34,37)(H,39,40)(H,41,42)(H2,31,33,43)/t21-,22-,23-/m0/s1. The number of aliphatic carboxylic acids is 1. The molecule has 0 spiro atoms. The molecule has 2 aromatic carbocycles. The predicted molar refractivity (Wildman–Crippen MR) is 157 cm³/mol. The molecule has 0 bridgehead atoms. The molecule has 5 amide bonds. The molecule has 0 heterocycles. The van der Waals surface area contributed by atoms with Crippen molar-refractivity contribution in [2.45, 2.75) is 52.2 Å². The minimum atomic E-state index is -1.45. The molecule has 0 fully saturated rings. The van der Waals surface area contributed by atoms with E-state index < -0.39 is 66.3 Å². The van der Waals surface area contributed by atoms with Crippen molar-refractivity contribution in [2.24, 2.45) is 11.8 Å². The molecule has 43 heavy (non-hydrogen) atoms. The molecule has 2 rings (SSSR count). The Kier molecular flexibility index (Phi) is 12.6. The maximum absolute atomic E-state index is 12.9. The van der Waals surface area contributed by atoms with Crippen molar-refractivity contribution in [3.8, 4) is 0 Å². The van der Waals surface area contributed by atoms with Crippen molar-refractivity contribution < 1.29 is 44.1 Å². The predicted octanol–water partition coefficient (Wildman–Crippen LogP) is 1.88. The molecule has 0 unspecified atom stereocenters. The minimum absolute atomic E-state index is 0.0571. The van der Waals surface area contributed by atoms with E-state index in [1.807, 2.05) is 13.8 Å². The number of aliphatic hydroxyl groups excluding tert-OH is 1. The van der Waals surface area contributed by atoms with E-state index in [0.717, 1.165) is 0 Å². The number of aromatic carboxylic acids is 1. The number of hydrogen-bond donors (Lipinski definition) is 8. The molecule has 0 aliphatic rings. The number of carboxylic acids is 2. The number of carboxylic acid groups (broad SMARTS) is 2. The lowest BCUT2D eigenvalue weighted by Crippen LogP contribution is -2.57. The molecule has 0 aromatic heterocycles. The van der Waals surface area contributed by atoms with Crippen LogP contribution in [0.1, 0.15) is 54.8 Å². The number of carbonyl (C=O) groups excluding carboxylic acids is 4. The summed E-state index contributed by atoms with van der Waals surface area (Å²) in [6.07, 6.45) is 0.172. The number of anilines is 2. The topological polar surface area (TPSA) is 223 Å². The van der Waals surface area contributed by atoms with E-state index in [1.165, 1.54) is 42.5 Å². The quantitative estimate of drug-likeness (QED) is 0.158. The van der Waals surface area contributed by atoms with Crippen LogP contribution in [0.5, 0.6) is 0 Å². The summed E-state index contributed by atoms with van der Waals surface area (Å²) in [4.78, 5) is 73.6. The van der Waals surface area contributed by atoms with Gasteiger partial charge in [-0.15, -0.1) is 0 Å². The lowest BCUT2D eigenvalue weighted by molar-refractivity contribution is -0.143. The first kappa shape index (κ1) is 34.2. The van der Waals surface area contributed by atoms with Gasteiger partial charge in [0.1, 0.15) is 18.1 Å². The van der Waals surface area contributed by atoms with Crippen molar-refractivity contribution in [2.75, 3.05) is 17.2 Å². The summed E-state index contributed by atoms with van der Waals surface area (Å²) < 4.78 is 0. The SMILES string of the molecule is CC(C)C[C@H](NC(=O)[C@H](CO)NC(=O)Nc1cccc(NC(=O)c2cccc(C(=O)O)c2)c1)C(=O)N[C@H](C(=O)O)C(C)C. The monoisotopic (exact) mass is 599 g/mol. The zero-order valence-electron chi connectivity index (χ0n) is 24.2. The average molecular weight is 600 g/mol. The molecular weight excluding hydrogens is 562 g/mol. The molecule has 0 aliphatic carbocycles. The van der Waals surface area contributed by atoms with Crippen LogP contribution in [0.3, 0.4) is 0 Å². The van der Waals surface area contributed by atoms with Crippen molar-refractivity contribution >= 4 is 47.1 Å². The third-order valence-corrected chi connectivity index (χ3v) is 6.12. The molecule has 2 aromatic rings. The normalized spacial score (nSPS) is 12.9. The fourth-order valence-electron chi connectivity index (χ4n) is 3.93. The van der Waals surface area contributed by atoms with Gasteiger partial charge in [0.05, 0.1) is 12.2 Å². The highest BCUT2D eigenvalue weighted by atomic mass is 16.4. The molecule has 14 nitrogen and oxygen atoms in total. The lowest BCUT2D eigenvalue weighted by Gasteiger charge is -2.26. The number of urea groups is 1. The van der Waals surface area contributed by atoms with Gasteiger partial charge in [0.25, 0.3) is 5.91 Å². The van der Waals surface area contributed by atoms with Crippen LogP contribution in [0.2, 0.25) is 0 Å². The molecule has 14 heteroatoms. The van der Waals surface area contributed by atoms with Gasteiger partial charge >= 0.3 is 18.0 Å². The van der Waals surface area contributed by atoms with E-state index in [1.54, 1.807) is 19.9 Å². The number of nitrogens with one attached hydrogen (secondary N) is 5. The van der Waals surface area contributed by atoms with Crippen molar-refractivity contribution in [3.05, 3.63) is 59.7 Å². The van der Waals surface area contributed by atoms with Crippen LogP contribution >= 0.6 is 0 Å². The number of carbonyl (C=O) groups is 6. The average Bonchev–Trinajstić information content (AvgIpc) is 2.93. The first-order chi connectivity index (χ1) is 20.2. The van der Waals surface area contributed by atoms with Crippen LogP contribution in [0.15, 0.2) is 48.5 Å². The van der Waals surface area contributed by atoms with Crippen LogP contribution in [0, 0.1) is 11.8 Å². The maximum Gasteiger partial charge on any atom is 0.335 e. The van der Waals surface area contributed by atoms with Crippen LogP contribution in [-0.2, 0) is 14.4 Å². The molecule has 0 saturated carbocycles. The van der Waals surface area contributed by atoms with E-state index in [2.05, 4.69) is 26.6 Å². The zero-order chi connectivity index (χ0) is 32.3. The first-order valence-electron chi connectivity index (χ1n) is 13.5. The van der Waals surface area contributed by atoms with Gasteiger partial charge in [-0.3, -0.25) is 14.4 Å². The first-order valence-corrected chi connectivity index (χ1v) is 13.5. The summed E-state index contributed by atoms with van der Waals surface area (Å²) in [5, 5.41) is 40.6. The Morgan fingerprint density at radius 1 is 0.721 bits per heavy atom. The maximum atomic E-state index is 12.9. The van der Waals surface area contributed by atoms with Gasteiger partial charge in [0.15, 0.2) is 0 Å². The Morgan fingerprint density at radius 2 is 1.30 bits per heavy atom. The Bertz CT molecular complexity index is 1350.